The molecule has 1 aromatic heterocycles. The van der Waals surface area contributed by atoms with Crippen LogP contribution in [0, 0.1) is 0 Å². The predicted molar refractivity (Wildman–Crippen MR) is 114 cm³/mol. The Morgan fingerprint density at radius 2 is 2.00 bits per heavy atom. The van der Waals surface area contributed by atoms with Crippen molar-refractivity contribution < 1.29 is 14.3 Å². The number of methoxy groups -OCH3 is 2. The summed E-state index contributed by atoms with van der Waals surface area (Å²) >= 11 is 1.32. The molecule has 2 aromatic carbocycles. The minimum absolute atomic E-state index is 0.176. The lowest BCUT2D eigenvalue weighted by molar-refractivity contribution is -0.113. The average molecular weight is 414 g/mol. The molecule has 3 rings (SSSR count). The summed E-state index contributed by atoms with van der Waals surface area (Å²) in [7, 11) is 3.12. The van der Waals surface area contributed by atoms with Gasteiger partial charge in [0.1, 0.15) is 11.5 Å². The maximum atomic E-state index is 12.5. The van der Waals surface area contributed by atoms with Crippen LogP contribution in [-0.2, 0) is 11.3 Å². The summed E-state index contributed by atoms with van der Waals surface area (Å²) in [5, 5.41) is 12.0. The smallest absolute Gasteiger partial charge is 0.234 e. The van der Waals surface area contributed by atoms with Gasteiger partial charge in [0.25, 0.3) is 0 Å². The van der Waals surface area contributed by atoms with Crippen LogP contribution in [0.1, 0.15) is 6.92 Å². The number of nitrogen functional groups attached to an aromatic ring is 1. The molecule has 9 heteroatoms. The van der Waals surface area contributed by atoms with Crippen LogP contribution < -0.4 is 20.5 Å². The van der Waals surface area contributed by atoms with Crippen LogP contribution in [0.5, 0.6) is 11.5 Å². The van der Waals surface area contributed by atoms with E-state index in [0.717, 1.165) is 11.4 Å². The van der Waals surface area contributed by atoms with Crippen LogP contribution in [-0.4, -0.2) is 40.6 Å². The number of anilines is 2. The molecule has 1 amide bonds. The Bertz CT molecular complexity index is 1010. The summed E-state index contributed by atoms with van der Waals surface area (Å²) in [6, 6.07) is 12.7. The fourth-order valence-electron chi connectivity index (χ4n) is 2.80. The van der Waals surface area contributed by atoms with Gasteiger partial charge >= 0.3 is 0 Å². The molecular formula is C20H23N5O3S. The minimum atomic E-state index is -0.183. The van der Waals surface area contributed by atoms with E-state index in [9.17, 15) is 4.79 Å². The maximum absolute atomic E-state index is 12.5. The van der Waals surface area contributed by atoms with E-state index in [2.05, 4.69) is 15.5 Å². The van der Waals surface area contributed by atoms with E-state index in [1.165, 1.54) is 11.8 Å². The Kier molecular flexibility index (Phi) is 6.61. The molecule has 8 nitrogen and oxygen atoms in total. The third-order valence-electron chi connectivity index (χ3n) is 4.19. The first-order chi connectivity index (χ1) is 14.0. The van der Waals surface area contributed by atoms with Crippen molar-refractivity contribution >= 4 is 29.0 Å². The molecule has 0 saturated heterocycles. The van der Waals surface area contributed by atoms with Crippen molar-refractivity contribution in [3.8, 4) is 22.9 Å². The predicted octanol–water partition coefficient (Wildman–Crippen LogP) is 3.30. The van der Waals surface area contributed by atoms with E-state index in [4.69, 9.17) is 15.2 Å². The average Bonchev–Trinajstić information content (AvgIpc) is 3.15. The Morgan fingerprint density at radius 3 is 2.69 bits per heavy atom. The quantitative estimate of drug-likeness (QED) is 0.431. The van der Waals surface area contributed by atoms with Crippen LogP contribution in [0.15, 0.2) is 47.6 Å². The van der Waals surface area contributed by atoms with Crippen molar-refractivity contribution in [2.45, 2.75) is 18.6 Å². The largest absolute Gasteiger partial charge is 0.497 e. The summed E-state index contributed by atoms with van der Waals surface area (Å²) in [4.78, 5) is 12.5. The zero-order valence-corrected chi connectivity index (χ0v) is 17.3. The zero-order valence-electron chi connectivity index (χ0n) is 16.5. The molecule has 3 aromatic rings. The molecule has 1 heterocycles. The number of thioether (sulfide) groups is 1. The highest BCUT2D eigenvalue weighted by Crippen LogP contribution is 2.30. The number of nitrogens with two attached hydrogens (primary N) is 1. The van der Waals surface area contributed by atoms with Gasteiger partial charge in [-0.3, -0.25) is 4.79 Å². The van der Waals surface area contributed by atoms with Gasteiger partial charge in [-0.1, -0.05) is 23.9 Å². The summed E-state index contributed by atoms with van der Waals surface area (Å²) in [6.07, 6.45) is 0. The summed E-state index contributed by atoms with van der Waals surface area (Å²) in [5.41, 5.74) is 7.97. The number of nitrogens with one attached hydrogen (secondary N) is 1. The highest BCUT2D eigenvalue weighted by Gasteiger charge is 2.16. The van der Waals surface area contributed by atoms with E-state index in [1.807, 2.05) is 35.8 Å². The fraction of sp³-hybridized carbons (Fsp3) is 0.250. The molecule has 0 aliphatic heterocycles. The van der Waals surface area contributed by atoms with Crippen LogP contribution in [0.25, 0.3) is 11.4 Å². The maximum Gasteiger partial charge on any atom is 0.234 e. The van der Waals surface area contributed by atoms with Crippen LogP contribution in [0.2, 0.25) is 0 Å². The van der Waals surface area contributed by atoms with Gasteiger partial charge in [-0.05, 0) is 31.2 Å². The second kappa shape index (κ2) is 9.33. The van der Waals surface area contributed by atoms with Gasteiger partial charge in [0.05, 0.1) is 25.7 Å². The SMILES string of the molecule is CCn1c(SCC(=O)Nc2cc(OC)ccc2OC)nnc1-c1cccc(N)c1. The first kappa shape index (κ1) is 20.5. The fourth-order valence-corrected chi connectivity index (χ4v) is 3.60. The van der Waals surface area contributed by atoms with Gasteiger partial charge in [0, 0.05) is 23.9 Å². The van der Waals surface area contributed by atoms with Crippen LogP contribution in [0.4, 0.5) is 11.4 Å². The van der Waals surface area contributed by atoms with Crippen LogP contribution >= 0.6 is 11.8 Å². The molecule has 0 saturated carbocycles. The molecule has 0 atom stereocenters. The van der Waals surface area contributed by atoms with Crippen LogP contribution in [0.3, 0.4) is 0 Å². The number of hydrogen-bond donors (Lipinski definition) is 2. The van der Waals surface area contributed by atoms with Gasteiger partial charge in [-0.25, -0.2) is 0 Å². The Hall–Kier alpha value is -3.20. The molecule has 0 aliphatic rings. The van der Waals surface area contributed by atoms with E-state index in [0.29, 0.717) is 34.6 Å². The minimum Gasteiger partial charge on any atom is -0.497 e. The Balaban J connectivity index is 1.71. The van der Waals surface area contributed by atoms with E-state index >= 15 is 0 Å². The molecular weight excluding hydrogens is 390 g/mol. The summed E-state index contributed by atoms with van der Waals surface area (Å²) in [6.45, 7) is 2.68. The number of amides is 1. The summed E-state index contributed by atoms with van der Waals surface area (Å²) < 4.78 is 12.5. The lowest BCUT2D eigenvalue weighted by Gasteiger charge is -2.12. The molecule has 0 fully saturated rings. The number of carbonyl (C=O) groups excluding carboxylic acids is 1. The molecule has 29 heavy (non-hydrogen) atoms. The van der Waals surface area contributed by atoms with Crippen molar-refractivity contribution in [3.05, 3.63) is 42.5 Å². The first-order valence-electron chi connectivity index (χ1n) is 8.99. The standard InChI is InChI=1S/C20H23N5O3S/c1-4-25-19(13-6-5-7-14(21)10-13)23-24-20(25)29-12-18(26)22-16-11-15(27-2)8-9-17(16)28-3/h5-11H,4,12,21H2,1-3H3,(H,22,26). The van der Waals surface area contributed by atoms with Gasteiger partial charge in [-0.2, -0.15) is 0 Å². The monoisotopic (exact) mass is 413 g/mol. The molecule has 0 spiro atoms. The number of benzene rings is 2. The second-order valence-electron chi connectivity index (χ2n) is 6.08. The lowest BCUT2D eigenvalue weighted by Crippen LogP contribution is -2.15. The number of aromatic nitrogens is 3. The number of ether oxygens (including phenoxy) is 2. The van der Waals surface area contributed by atoms with Gasteiger partial charge in [0.2, 0.25) is 5.91 Å². The summed E-state index contributed by atoms with van der Waals surface area (Å²) in [5.74, 6) is 1.90. The third kappa shape index (κ3) is 4.80. The van der Waals surface area contributed by atoms with E-state index in [-0.39, 0.29) is 11.7 Å². The van der Waals surface area contributed by atoms with E-state index in [1.54, 1.807) is 32.4 Å². The highest BCUT2D eigenvalue weighted by atomic mass is 32.2. The second-order valence-corrected chi connectivity index (χ2v) is 7.02. The normalized spacial score (nSPS) is 10.6. The Morgan fingerprint density at radius 1 is 1.17 bits per heavy atom. The van der Waals surface area contributed by atoms with Gasteiger partial charge in [-0.15, -0.1) is 10.2 Å². The highest BCUT2D eigenvalue weighted by molar-refractivity contribution is 7.99. The number of carbonyl (C=O) groups is 1. The van der Waals surface area contributed by atoms with Crippen molar-refractivity contribution in [2.24, 2.45) is 0 Å². The first-order valence-corrected chi connectivity index (χ1v) is 9.98. The molecule has 0 radical (unpaired) electrons. The lowest BCUT2D eigenvalue weighted by atomic mass is 10.2. The number of nitrogens with zero attached hydrogens (tertiary/aromatic N) is 3. The van der Waals surface area contributed by atoms with Crippen molar-refractivity contribution in [1.29, 1.82) is 0 Å². The molecule has 0 unspecified atom stereocenters. The molecule has 0 bridgehead atoms. The van der Waals surface area contributed by atoms with Crippen molar-refractivity contribution in [1.82, 2.24) is 14.8 Å². The van der Waals surface area contributed by atoms with E-state index < -0.39 is 0 Å². The van der Waals surface area contributed by atoms with Crippen molar-refractivity contribution in [2.75, 3.05) is 31.0 Å². The third-order valence-corrected chi connectivity index (χ3v) is 5.16. The Labute approximate surface area is 173 Å². The molecule has 0 aliphatic carbocycles. The van der Waals surface area contributed by atoms with Gasteiger partial charge in [0.15, 0.2) is 11.0 Å². The zero-order chi connectivity index (χ0) is 20.8. The molecule has 3 N–H and O–H groups in total. The number of hydrogen-bond acceptors (Lipinski definition) is 7. The van der Waals surface area contributed by atoms with Gasteiger partial charge < -0.3 is 25.1 Å². The van der Waals surface area contributed by atoms with Crippen molar-refractivity contribution in [3.63, 3.8) is 0 Å². The number of rotatable bonds is 8. The molecule has 152 valence electrons. The topological polar surface area (TPSA) is 104 Å².